The topological polar surface area (TPSA) is 61.7 Å². The van der Waals surface area contributed by atoms with E-state index in [4.69, 9.17) is 17.0 Å². The molecule has 0 aliphatic carbocycles. The fourth-order valence-electron chi connectivity index (χ4n) is 1.38. The molecule has 4 nitrogen and oxygen atoms in total. The van der Waals surface area contributed by atoms with Crippen molar-refractivity contribution in [3.63, 3.8) is 0 Å². The minimum atomic E-state index is -0.531. The first kappa shape index (κ1) is 16.0. The van der Waals surface area contributed by atoms with Crippen LogP contribution in [0.4, 0.5) is 15.9 Å². The molecule has 0 saturated carbocycles. The lowest BCUT2D eigenvalue weighted by Gasteiger charge is -2.09. The quantitative estimate of drug-likeness (QED) is 0.653. The summed E-state index contributed by atoms with van der Waals surface area (Å²) in [6.45, 7) is 5.64. The van der Waals surface area contributed by atoms with E-state index in [-0.39, 0.29) is 5.15 Å². The number of anilines is 2. The Bertz CT molecular complexity index is 602. The van der Waals surface area contributed by atoms with E-state index in [9.17, 15) is 4.39 Å². The molecule has 0 fully saturated rings. The molecule has 0 aliphatic heterocycles. The molecule has 0 aromatic carbocycles. The number of rotatable bonds is 3. The van der Waals surface area contributed by atoms with Crippen LogP contribution in [0.15, 0.2) is 24.4 Å². The predicted molar refractivity (Wildman–Crippen MR) is 80.7 cm³/mol. The lowest BCUT2D eigenvalue weighted by molar-refractivity contribution is 0.576. The number of nitrogens with zero attached hydrogens (tertiary/aromatic N) is 2. The van der Waals surface area contributed by atoms with Gasteiger partial charge in [0.1, 0.15) is 11.0 Å². The summed E-state index contributed by atoms with van der Waals surface area (Å²) in [6, 6.07) is 4.83. The third-order valence-electron chi connectivity index (χ3n) is 2.35. The number of aryl methyl sites for hydroxylation is 1. The molecular weight excluding hydrogens is 279 g/mol. The van der Waals surface area contributed by atoms with Gasteiger partial charge in [-0.05, 0) is 19.1 Å². The van der Waals surface area contributed by atoms with Crippen molar-refractivity contribution in [3.05, 3.63) is 46.6 Å². The van der Waals surface area contributed by atoms with E-state index in [1.807, 2.05) is 13.8 Å². The van der Waals surface area contributed by atoms with Gasteiger partial charge in [0.25, 0.3) is 0 Å². The zero-order valence-electron chi connectivity index (χ0n) is 11.5. The Labute approximate surface area is 122 Å². The summed E-state index contributed by atoms with van der Waals surface area (Å²) >= 11 is 5.78. The van der Waals surface area contributed by atoms with Gasteiger partial charge in [0, 0.05) is 23.5 Å². The molecule has 0 radical (unpaired) electrons. The second-order valence-corrected chi connectivity index (χ2v) is 4.06. The third-order valence-corrected chi connectivity index (χ3v) is 2.56. The van der Waals surface area contributed by atoms with Gasteiger partial charge in [-0.3, -0.25) is 0 Å². The summed E-state index contributed by atoms with van der Waals surface area (Å²) in [5, 5.41) is 10.4. The van der Waals surface area contributed by atoms with Gasteiger partial charge >= 0.3 is 0 Å². The van der Waals surface area contributed by atoms with Gasteiger partial charge in [0.05, 0.1) is 5.69 Å². The third kappa shape index (κ3) is 3.99. The average molecular weight is 295 g/mol. The second kappa shape index (κ2) is 7.55. The molecular formula is C14H16ClFN4. The van der Waals surface area contributed by atoms with Crippen molar-refractivity contribution >= 4 is 29.3 Å². The molecule has 20 heavy (non-hydrogen) atoms. The van der Waals surface area contributed by atoms with Gasteiger partial charge in [0.15, 0.2) is 0 Å². The minimum absolute atomic E-state index is 0.288. The van der Waals surface area contributed by atoms with Gasteiger partial charge in [-0.15, -0.1) is 0 Å². The summed E-state index contributed by atoms with van der Waals surface area (Å²) < 4.78 is 13.3. The molecule has 2 rings (SSSR count). The van der Waals surface area contributed by atoms with E-state index < -0.39 is 5.95 Å². The van der Waals surface area contributed by atoms with Gasteiger partial charge < -0.3 is 10.7 Å². The van der Waals surface area contributed by atoms with Crippen LogP contribution in [0.2, 0.25) is 5.15 Å². The van der Waals surface area contributed by atoms with Crippen molar-refractivity contribution in [2.45, 2.75) is 20.8 Å². The van der Waals surface area contributed by atoms with Crippen molar-refractivity contribution in [2.24, 2.45) is 0 Å². The van der Waals surface area contributed by atoms with E-state index in [0.29, 0.717) is 22.6 Å². The molecule has 2 aromatic heterocycles. The first-order valence-electron chi connectivity index (χ1n) is 6.16. The van der Waals surface area contributed by atoms with Crippen molar-refractivity contribution < 1.29 is 4.39 Å². The van der Waals surface area contributed by atoms with Gasteiger partial charge in [-0.2, -0.15) is 4.39 Å². The van der Waals surface area contributed by atoms with E-state index >= 15 is 0 Å². The van der Waals surface area contributed by atoms with Crippen molar-refractivity contribution in [1.82, 2.24) is 9.97 Å². The number of aromatic nitrogens is 2. The predicted octanol–water partition coefficient (Wildman–Crippen LogP) is 4.34. The Morgan fingerprint density at radius 2 is 2.05 bits per heavy atom. The van der Waals surface area contributed by atoms with Gasteiger partial charge in [-0.25, -0.2) is 9.97 Å². The normalized spacial score (nSPS) is 9.45. The van der Waals surface area contributed by atoms with Gasteiger partial charge in [-0.1, -0.05) is 31.5 Å². The van der Waals surface area contributed by atoms with Crippen LogP contribution in [-0.2, 0) is 0 Å². The fourth-order valence-corrected chi connectivity index (χ4v) is 1.53. The molecule has 0 unspecified atom stereocenters. The molecule has 2 N–H and O–H groups in total. The van der Waals surface area contributed by atoms with Crippen molar-refractivity contribution in [3.8, 4) is 0 Å². The molecule has 0 saturated heterocycles. The minimum Gasteiger partial charge on any atom is -0.339 e. The second-order valence-electron chi connectivity index (χ2n) is 3.67. The fraction of sp³-hybridized carbons (Fsp3) is 0.214. The van der Waals surface area contributed by atoms with E-state index in [1.165, 1.54) is 6.20 Å². The molecule has 0 amide bonds. The molecule has 0 aliphatic rings. The molecule has 0 bridgehead atoms. The molecule has 6 heteroatoms. The molecule has 0 atom stereocenters. The van der Waals surface area contributed by atoms with Crippen molar-refractivity contribution in [1.29, 1.82) is 5.41 Å². The average Bonchev–Trinajstić information content (AvgIpc) is 2.45. The lowest BCUT2D eigenvalue weighted by Crippen LogP contribution is -2.00. The zero-order chi connectivity index (χ0) is 15.1. The standard InChI is InChI=1S/C12H10ClFN4.C2H6/c1-7-2-3-11(18-12(7)14)17-9-4-10(13)16-6-8(9)5-15;1-2/h2-6,15H,1H3,(H,16,17,18);1-2H3. The van der Waals surface area contributed by atoms with Crippen LogP contribution in [0.25, 0.3) is 0 Å². The maximum atomic E-state index is 13.3. The number of nitrogens with one attached hydrogen (secondary N) is 2. The van der Waals surface area contributed by atoms with Crippen LogP contribution in [-0.4, -0.2) is 16.2 Å². The van der Waals surface area contributed by atoms with Crippen LogP contribution < -0.4 is 5.32 Å². The number of hydrogen-bond acceptors (Lipinski definition) is 4. The summed E-state index contributed by atoms with van der Waals surface area (Å²) in [5.41, 5.74) is 1.57. The highest BCUT2D eigenvalue weighted by Gasteiger charge is 2.05. The summed E-state index contributed by atoms with van der Waals surface area (Å²) in [7, 11) is 0. The smallest absolute Gasteiger partial charge is 0.217 e. The van der Waals surface area contributed by atoms with E-state index in [1.54, 1.807) is 25.1 Å². The number of hydrogen-bond donors (Lipinski definition) is 2. The Kier molecular flexibility index (Phi) is 6.06. The molecule has 106 valence electrons. The highest BCUT2D eigenvalue weighted by molar-refractivity contribution is 6.29. The molecule has 0 spiro atoms. The number of pyridine rings is 2. The Balaban J connectivity index is 0.000000956. The maximum Gasteiger partial charge on any atom is 0.217 e. The summed E-state index contributed by atoms with van der Waals surface area (Å²) in [4.78, 5) is 7.62. The van der Waals surface area contributed by atoms with Crippen LogP contribution in [0.5, 0.6) is 0 Å². The summed E-state index contributed by atoms with van der Waals surface area (Å²) in [5.74, 6) is -0.181. The Hall–Kier alpha value is -2.01. The Morgan fingerprint density at radius 1 is 1.35 bits per heavy atom. The van der Waals surface area contributed by atoms with Crippen molar-refractivity contribution in [2.75, 3.05) is 5.32 Å². The monoisotopic (exact) mass is 294 g/mol. The Morgan fingerprint density at radius 3 is 2.65 bits per heavy atom. The van der Waals surface area contributed by atoms with Gasteiger partial charge in [0.2, 0.25) is 5.95 Å². The zero-order valence-corrected chi connectivity index (χ0v) is 12.3. The highest BCUT2D eigenvalue weighted by Crippen LogP contribution is 2.21. The van der Waals surface area contributed by atoms with Crippen LogP contribution in [0, 0.1) is 18.3 Å². The first-order valence-corrected chi connectivity index (χ1v) is 6.54. The largest absolute Gasteiger partial charge is 0.339 e. The van der Waals surface area contributed by atoms with Crippen LogP contribution in [0.1, 0.15) is 25.0 Å². The highest BCUT2D eigenvalue weighted by atomic mass is 35.5. The van der Waals surface area contributed by atoms with Crippen LogP contribution in [0.3, 0.4) is 0 Å². The molecule has 2 heterocycles. The van der Waals surface area contributed by atoms with E-state index in [2.05, 4.69) is 15.3 Å². The first-order chi connectivity index (χ1) is 9.60. The van der Waals surface area contributed by atoms with E-state index in [0.717, 1.165) is 6.21 Å². The number of halogens is 2. The maximum absolute atomic E-state index is 13.3. The SMILES string of the molecule is CC.Cc1ccc(Nc2cc(Cl)ncc2C=N)nc1F. The molecule has 2 aromatic rings. The lowest BCUT2D eigenvalue weighted by atomic mass is 10.2. The summed E-state index contributed by atoms with van der Waals surface area (Å²) in [6.07, 6.45) is 2.60. The van der Waals surface area contributed by atoms with Crippen LogP contribution >= 0.6 is 11.6 Å².